The van der Waals surface area contributed by atoms with Gasteiger partial charge in [-0.3, -0.25) is 4.79 Å². The molecule has 88 valence electrons. The minimum Gasteiger partial charge on any atom is -0.481 e. The summed E-state index contributed by atoms with van der Waals surface area (Å²) in [6.07, 6.45) is 9.17. The summed E-state index contributed by atoms with van der Waals surface area (Å²) in [7, 11) is 0. The fraction of sp³-hybridized carbons (Fsp3) is 0.769. The molecule has 16 heavy (non-hydrogen) atoms. The summed E-state index contributed by atoms with van der Waals surface area (Å²) in [5, 5.41) is 8.54. The number of allylic oxidation sites excluding steroid dienone is 2. The summed E-state index contributed by atoms with van der Waals surface area (Å²) in [6.45, 7) is 0. The molecule has 1 heterocycles. The molecule has 2 unspecified atom stereocenters. The summed E-state index contributed by atoms with van der Waals surface area (Å²) in [5.74, 6) is 0.973. The van der Waals surface area contributed by atoms with Gasteiger partial charge in [0.15, 0.2) is 0 Å². The lowest BCUT2D eigenvalue weighted by molar-refractivity contribution is -0.137. The van der Waals surface area contributed by atoms with Crippen molar-refractivity contribution in [2.45, 2.75) is 50.7 Å². The van der Waals surface area contributed by atoms with Gasteiger partial charge in [-0.25, -0.2) is 0 Å². The number of fused-ring (bicyclic) bond motifs is 3. The van der Waals surface area contributed by atoms with Crippen molar-refractivity contribution in [1.82, 2.24) is 0 Å². The molecule has 1 N–H and O–H groups in total. The van der Waals surface area contributed by atoms with Crippen LogP contribution in [0.4, 0.5) is 0 Å². The summed E-state index contributed by atoms with van der Waals surface area (Å²) in [4.78, 5) is 10.4. The minimum absolute atomic E-state index is 0.296. The zero-order valence-electron chi connectivity index (χ0n) is 9.39. The Labute approximate surface area is 95.5 Å². The van der Waals surface area contributed by atoms with Crippen LogP contribution in [-0.2, 0) is 9.53 Å². The first-order valence-electron chi connectivity index (χ1n) is 6.29. The van der Waals surface area contributed by atoms with E-state index >= 15 is 0 Å². The molecule has 1 aliphatic heterocycles. The molecular formula is C13H18O3. The number of hydrogen-bond donors (Lipinski definition) is 1. The van der Waals surface area contributed by atoms with Gasteiger partial charge in [0.25, 0.3) is 0 Å². The van der Waals surface area contributed by atoms with Gasteiger partial charge in [0.2, 0.25) is 0 Å². The van der Waals surface area contributed by atoms with E-state index in [1.165, 1.54) is 19.3 Å². The molecule has 0 bridgehead atoms. The Hall–Kier alpha value is -0.830. The van der Waals surface area contributed by atoms with E-state index in [-0.39, 0.29) is 0 Å². The molecule has 2 saturated carbocycles. The van der Waals surface area contributed by atoms with Gasteiger partial charge in [-0.05, 0) is 43.9 Å². The van der Waals surface area contributed by atoms with E-state index < -0.39 is 5.97 Å². The maximum atomic E-state index is 10.4. The predicted octanol–water partition coefficient (Wildman–Crippen LogP) is 2.37. The highest BCUT2D eigenvalue weighted by Crippen LogP contribution is 2.55. The smallest absolute Gasteiger partial charge is 0.303 e. The van der Waals surface area contributed by atoms with Crippen LogP contribution in [0.25, 0.3) is 0 Å². The molecule has 3 nitrogen and oxygen atoms in total. The lowest BCUT2D eigenvalue weighted by Gasteiger charge is -2.08. The van der Waals surface area contributed by atoms with Gasteiger partial charge < -0.3 is 9.84 Å². The molecule has 3 rings (SSSR count). The van der Waals surface area contributed by atoms with Crippen molar-refractivity contribution in [1.29, 1.82) is 0 Å². The van der Waals surface area contributed by atoms with Crippen LogP contribution in [0, 0.1) is 11.8 Å². The molecule has 0 amide bonds. The summed E-state index contributed by atoms with van der Waals surface area (Å²) < 4.78 is 5.57. The first-order chi connectivity index (χ1) is 7.74. The van der Waals surface area contributed by atoms with Gasteiger partial charge in [0.1, 0.15) is 0 Å². The molecule has 0 aromatic carbocycles. The van der Waals surface area contributed by atoms with Crippen LogP contribution in [0.15, 0.2) is 11.6 Å². The number of carboxylic acid groups (broad SMARTS) is 1. The first-order valence-corrected chi connectivity index (χ1v) is 6.29. The Balaban J connectivity index is 1.46. The van der Waals surface area contributed by atoms with Gasteiger partial charge >= 0.3 is 5.97 Å². The zero-order valence-corrected chi connectivity index (χ0v) is 9.39. The van der Waals surface area contributed by atoms with Crippen LogP contribution in [0.3, 0.4) is 0 Å². The molecule has 0 aromatic heterocycles. The van der Waals surface area contributed by atoms with Crippen LogP contribution < -0.4 is 0 Å². The van der Waals surface area contributed by atoms with Crippen molar-refractivity contribution in [3.05, 3.63) is 11.6 Å². The van der Waals surface area contributed by atoms with E-state index in [0.29, 0.717) is 18.6 Å². The van der Waals surface area contributed by atoms with Crippen molar-refractivity contribution < 1.29 is 14.6 Å². The average Bonchev–Trinajstić information content (AvgIpc) is 2.74. The Morgan fingerprint density at radius 3 is 3.12 bits per heavy atom. The number of epoxide rings is 1. The molecule has 0 spiro atoms. The Kier molecular flexibility index (Phi) is 2.51. The van der Waals surface area contributed by atoms with Gasteiger partial charge in [0.05, 0.1) is 12.2 Å². The summed E-state index contributed by atoms with van der Waals surface area (Å²) in [5.41, 5.74) is 1.55. The molecular weight excluding hydrogens is 204 g/mol. The maximum Gasteiger partial charge on any atom is 0.303 e. The molecule has 4 atom stereocenters. The molecule has 0 radical (unpaired) electrons. The lowest BCUT2D eigenvalue weighted by atomic mass is 10.00. The second-order valence-electron chi connectivity index (χ2n) is 5.36. The number of carboxylic acids is 1. The van der Waals surface area contributed by atoms with E-state index in [9.17, 15) is 4.79 Å². The van der Waals surface area contributed by atoms with E-state index in [2.05, 4.69) is 6.08 Å². The third-order valence-electron chi connectivity index (χ3n) is 4.23. The van der Waals surface area contributed by atoms with Crippen LogP contribution in [0.2, 0.25) is 0 Å². The Morgan fingerprint density at radius 1 is 1.50 bits per heavy atom. The van der Waals surface area contributed by atoms with Crippen molar-refractivity contribution in [2.75, 3.05) is 0 Å². The quantitative estimate of drug-likeness (QED) is 0.451. The fourth-order valence-corrected chi connectivity index (χ4v) is 3.43. The Morgan fingerprint density at radius 2 is 2.38 bits per heavy atom. The normalized spacial score (nSPS) is 42.1. The highest BCUT2D eigenvalue weighted by Gasteiger charge is 2.57. The van der Waals surface area contributed by atoms with Crippen LogP contribution >= 0.6 is 0 Å². The van der Waals surface area contributed by atoms with Crippen molar-refractivity contribution in [2.24, 2.45) is 11.8 Å². The number of aliphatic carboxylic acids is 1. The highest BCUT2D eigenvalue weighted by molar-refractivity contribution is 5.66. The minimum atomic E-state index is -0.684. The second-order valence-corrected chi connectivity index (χ2v) is 5.36. The zero-order chi connectivity index (χ0) is 11.1. The predicted molar refractivity (Wildman–Crippen MR) is 59.1 cm³/mol. The maximum absolute atomic E-state index is 10.4. The summed E-state index contributed by atoms with van der Waals surface area (Å²) in [6, 6.07) is 0. The first kappa shape index (κ1) is 10.3. The number of carbonyl (C=O) groups is 1. The number of unbranched alkanes of at least 4 members (excludes halogenated alkanes) is 1. The third-order valence-corrected chi connectivity index (χ3v) is 4.23. The lowest BCUT2D eigenvalue weighted by Crippen LogP contribution is -2.06. The van der Waals surface area contributed by atoms with E-state index in [4.69, 9.17) is 9.84 Å². The molecule has 1 saturated heterocycles. The van der Waals surface area contributed by atoms with Gasteiger partial charge in [-0.2, -0.15) is 0 Å². The van der Waals surface area contributed by atoms with Crippen LogP contribution in [-0.4, -0.2) is 23.3 Å². The monoisotopic (exact) mass is 222 g/mol. The van der Waals surface area contributed by atoms with Gasteiger partial charge in [-0.1, -0.05) is 11.6 Å². The van der Waals surface area contributed by atoms with Crippen LogP contribution in [0.1, 0.15) is 38.5 Å². The van der Waals surface area contributed by atoms with Crippen LogP contribution in [0.5, 0.6) is 0 Å². The van der Waals surface area contributed by atoms with E-state index in [1.54, 1.807) is 5.57 Å². The second kappa shape index (κ2) is 3.88. The standard InChI is InChI=1S/C13H18O3/c14-12(15)4-2-1-3-8-5-9-7-11-13(16-11)10(9)6-8/h3,9-11,13H,1-2,4-7H2,(H,14,15)/b8-3+/t9?,10?,11-,13+/m0/s1. The molecule has 3 fully saturated rings. The summed E-state index contributed by atoms with van der Waals surface area (Å²) >= 11 is 0. The Bertz CT molecular complexity index is 334. The largest absolute Gasteiger partial charge is 0.481 e. The van der Waals surface area contributed by atoms with E-state index in [0.717, 1.165) is 24.7 Å². The highest BCUT2D eigenvalue weighted by atomic mass is 16.6. The number of ether oxygens (including phenoxy) is 1. The average molecular weight is 222 g/mol. The third kappa shape index (κ3) is 1.88. The number of hydrogen-bond acceptors (Lipinski definition) is 2. The van der Waals surface area contributed by atoms with Gasteiger partial charge in [0, 0.05) is 6.42 Å². The molecule has 3 aliphatic rings. The molecule has 3 heteroatoms. The van der Waals surface area contributed by atoms with Crippen molar-refractivity contribution in [3.8, 4) is 0 Å². The van der Waals surface area contributed by atoms with E-state index in [1.807, 2.05) is 0 Å². The van der Waals surface area contributed by atoms with Gasteiger partial charge in [-0.15, -0.1) is 0 Å². The van der Waals surface area contributed by atoms with Crippen molar-refractivity contribution >= 4 is 5.97 Å². The SMILES string of the molecule is O=C(O)CCC/C=C1\CC2C[C@@H]3O[C@@H]3C2C1. The topological polar surface area (TPSA) is 49.8 Å². The number of rotatable bonds is 4. The fourth-order valence-electron chi connectivity index (χ4n) is 3.43. The van der Waals surface area contributed by atoms with Crippen molar-refractivity contribution in [3.63, 3.8) is 0 Å². The molecule has 2 aliphatic carbocycles. The molecule has 0 aromatic rings.